The summed E-state index contributed by atoms with van der Waals surface area (Å²) in [6.07, 6.45) is 1.13. The second-order valence-corrected chi connectivity index (χ2v) is 8.16. The molecule has 28 heavy (non-hydrogen) atoms. The number of carbonyl (C=O) groups excluding carboxylic acids is 2. The van der Waals surface area contributed by atoms with Crippen LogP contribution in [0.4, 0.5) is 11.4 Å². The maximum absolute atomic E-state index is 12.4. The Balaban J connectivity index is 2.15. The molecule has 0 saturated heterocycles. The Morgan fingerprint density at radius 2 is 1.75 bits per heavy atom. The predicted octanol–water partition coefficient (Wildman–Crippen LogP) is 3.55. The van der Waals surface area contributed by atoms with Gasteiger partial charge < -0.3 is 10.1 Å². The molecule has 0 aliphatic carbocycles. The lowest BCUT2D eigenvalue weighted by Crippen LogP contribution is -2.29. The molecule has 0 radical (unpaired) electrons. The number of rotatable bonds is 7. The molecule has 0 fully saturated rings. The predicted molar refractivity (Wildman–Crippen MR) is 110 cm³/mol. The topological polar surface area (TPSA) is 92.8 Å². The van der Waals surface area contributed by atoms with E-state index in [0.29, 0.717) is 16.9 Å². The van der Waals surface area contributed by atoms with Crippen LogP contribution < -0.4 is 9.62 Å². The Labute approximate surface area is 169 Å². The fourth-order valence-corrected chi connectivity index (χ4v) is 3.79. The molecule has 0 spiro atoms. The molecule has 9 heteroatoms. The van der Waals surface area contributed by atoms with Crippen molar-refractivity contribution in [3.63, 3.8) is 0 Å². The molecule has 0 aliphatic rings. The number of hydrogen-bond acceptors (Lipinski definition) is 5. The third kappa shape index (κ3) is 5.24. The SMILES string of the molecule is CCOC(=O)c1ccc(NC(=O)c2ccc(N(CC)S(C)(=O)=O)cc2)cc1Cl. The van der Waals surface area contributed by atoms with Crippen LogP contribution in [-0.4, -0.2) is 39.7 Å². The largest absolute Gasteiger partial charge is 0.462 e. The van der Waals surface area contributed by atoms with Gasteiger partial charge in [0.2, 0.25) is 10.0 Å². The Kier molecular flexibility index (Phi) is 7.04. The lowest BCUT2D eigenvalue weighted by Gasteiger charge is -2.20. The van der Waals surface area contributed by atoms with E-state index in [0.717, 1.165) is 6.26 Å². The molecule has 0 aromatic heterocycles. The molecule has 0 heterocycles. The Morgan fingerprint density at radius 1 is 1.11 bits per heavy atom. The smallest absolute Gasteiger partial charge is 0.339 e. The Morgan fingerprint density at radius 3 is 2.25 bits per heavy atom. The zero-order valence-electron chi connectivity index (χ0n) is 15.7. The molecule has 2 aromatic carbocycles. The summed E-state index contributed by atoms with van der Waals surface area (Å²) in [6, 6.07) is 10.7. The Hall–Kier alpha value is -2.58. The van der Waals surface area contributed by atoms with Gasteiger partial charge in [0, 0.05) is 17.8 Å². The number of benzene rings is 2. The van der Waals surface area contributed by atoms with Crippen LogP contribution in [-0.2, 0) is 14.8 Å². The molecule has 1 N–H and O–H groups in total. The molecule has 0 bridgehead atoms. The van der Waals surface area contributed by atoms with E-state index < -0.39 is 21.9 Å². The molecule has 0 unspecified atom stereocenters. The van der Waals surface area contributed by atoms with Crippen molar-refractivity contribution >= 4 is 44.9 Å². The minimum Gasteiger partial charge on any atom is -0.462 e. The zero-order valence-corrected chi connectivity index (χ0v) is 17.3. The lowest BCUT2D eigenvalue weighted by molar-refractivity contribution is 0.0526. The normalized spacial score (nSPS) is 11.0. The van der Waals surface area contributed by atoms with Gasteiger partial charge in [0.25, 0.3) is 5.91 Å². The molecule has 0 saturated carbocycles. The molecule has 0 atom stereocenters. The van der Waals surface area contributed by atoms with Crippen LogP contribution >= 0.6 is 11.6 Å². The van der Waals surface area contributed by atoms with Gasteiger partial charge in [-0.3, -0.25) is 9.10 Å². The number of carbonyl (C=O) groups is 2. The van der Waals surface area contributed by atoms with E-state index in [-0.39, 0.29) is 23.7 Å². The van der Waals surface area contributed by atoms with Gasteiger partial charge in [0.05, 0.1) is 29.1 Å². The summed E-state index contributed by atoms with van der Waals surface area (Å²) in [5, 5.41) is 2.85. The summed E-state index contributed by atoms with van der Waals surface area (Å²) in [4.78, 5) is 24.2. The number of hydrogen-bond donors (Lipinski definition) is 1. The van der Waals surface area contributed by atoms with Crippen molar-refractivity contribution in [1.82, 2.24) is 0 Å². The van der Waals surface area contributed by atoms with Gasteiger partial charge in [-0.1, -0.05) is 11.6 Å². The van der Waals surface area contributed by atoms with Gasteiger partial charge in [-0.25, -0.2) is 13.2 Å². The van der Waals surface area contributed by atoms with Crippen LogP contribution in [0, 0.1) is 0 Å². The highest BCUT2D eigenvalue weighted by Gasteiger charge is 2.16. The minimum atomic E-state index is -3.39. The average Bonchev–Trinajstić information content (AvgIpc) is 2.62. The minimum absolute atomic E-state index is 0.165. The van der Waals surface area contributed by atoms with Gasteiger partial charge in [0.15, 0.2) is 0 Å². The summed E-state index contributed by atoms with van der Waals surface area (Å²) in [5.74, 6) is -0.929. The van der Waals surface area contributed by atoms with E-state index >= 15 is 0 Å². The number of amides is 1. The first-order valence-corrected chi connectivity index (χ1v) is 10.8. The maximum atomic E-state index is 12.4. The van der Waals surface area contributed by atoms with Crippen molar-refractivity contribution in [2.24, 2.45) is 0 Å². The van der Waals surface area contributed by atoms with E-state index in [9.17, 15) is 18.0 Å². The van der Waals surface area contributed by atoms with Crippen molar-refractivity contribution in [3.05, 3.63) is 58.6 Å². The van der Waals surface area contributed by atoms with E-state index in [1.165, 1.54) is 28.6 Å². The van der Waals surface area contributed by atoms with Gasteiger partial charge in [-0.2, -0.15) is 0 Å². The van der Waals surface area contributed by atoms with Crippen molar-refractivity contribution in [2.45, 2.75) is 13.8 Å². The van der Waals surface area contributed by atoms with E-state index in [4.69, 9.17) is 16.3 Å². The van der Waals surface area contributed by atoms with Crippen molar-refractivity contribution in [2.75, 3.05) is 29.0 Å². The quantitative estimate of drug-likeness (QED) is 0.686. The number of nitrogens with zero attached hydrogens (tertiary/aromatic N) is 1. The second kappa shape index (κ2) is 9.07. The van der Waals surface area contributed by atoms with Gasteiger partial charge >= 0.3 is 5.97 Å². The number of esters is 1. The highest BCUT2D eigenvalue weighted by molar-refractivity contribution is 7.92. The molecule has 2 aromatic rings. The summed E-state index contributed by atoms with van der Waals surface area (Å²) in [5.41, 5.74) is 1.45. The highest BCUT2D eigenvalue weighted by atomic mass is 35.5. The summed E-state index contributed by atoms with van der Waals surface area (Å²) >= 11 is 6.09. The van der Waals surface area contributed by atoms with Crippen molar-refractivity contribution < 1.29 is 22.7 Å². The van der Waals surface area contributed by atoms with Crippen LogP contribution in [0.15, 0.2) is 42.5 Å². The summed E-state index contributed by atoms with van der Waals surface area (Å²) in [7, 11) is -3.39. The number of nitrogens with one attached hydrogen (secondary N) is 1. The second-order valence-electron chi connectivity index (χ2n) is 5.84. The first-order valence-electron chi connectivity index (χ1n) is 8.53. The van der Waals surface area contributed by atoms with Gasteiger partial charge in [0.1, 0.15) is 0 Å². The standard InChI is InChI=1S/C19H21ClN2O5S/c1-4-22(28(3,25)26)15-9-6-13(7-10-15)18(23)21-14-8-11-16(17(20)12-14)19(24)27-5-2/h6-12H,4-5H2,1-3H3,(H,21,23). The van der Waals surface area contributed by atoms with Crippen LogP contribution in [0.2, 0.25) is 5.02 Å². The first-order chi connectivity index (χ1) is 13.2. The van der Waals surface area contributed by atoms with Gasteiger partial charge in [-0.05, 0) is 56.3 Å². The molecule has 2 rings (SSSR count). The van der Waals surface area contributed by atoms with E-state index in [2.05, 4.69) is 5.32 Å². The average molecular weight is 425 g/mol. The van der Waals surface area contributed by atoms with Crippen LogP contribution in [0.1, 0.15) is 34.6 Å². The summed E-state index contributed by atoms with van der Waals surface area (Å²) < 4.78 is 29.7. The first kappa shape index (κ1) is 21.7. The third-order valence-electron chi connectivity index (χ3n) is 3.83. The maximum Gasteiger partial charge on any atom is 0.339 e. The van der Waals surface area contributed by atoms with Crippen LogP contribution in [0.5, 0.6) is 0 Å². The Bertz CT molecular complexity index is 974. The van der Waals surface area contributed by atoms with Crippen molar-refractivity contribution in [3.8, 4) is 0 Å². The molecule has 0 aliphatic heterocycles. The fraction of sp³-hybridized carbons (Fsp3) is 0.263. The number of ether oxygens (including phenoxy) is 1. The van der Waals surface area contributed by atoms with Crippen molar-refractivity contribution in [1.29, 1.82) is 0 Å². The fourth-order valence-electron chi connectivity index (χ4n) is 2.56. The van der Waals surface area contributed by atoms with Crippen LogP contribution in [0.3, 0.4) is 0 Å². The lowest BCUT2D eigenvalue weighted by atomic mass is 10.1. The molecular formula is C19H21ClN2O5S. The number of sulfonamides is 1. The van der Waals surface area contributed by atoms with E-state index in [1.54, 1.807) is 32.0 Å². The third-order valence-corrected chi connectivity index (χ3v) is 5.41. The van der Waals surface area contributed by atoms with Gasteiger partial charge in [-0.15, -0.1) is 0 Å². The zero-order chi connectivity index (χ0) is 20.9. The number of anilines is 2. The molecule has 7 nitrogen and oxygen atoms in total. The molecule has 150 valence electrons. The van der Waals surface area contributed by atoms with Crippen LogP contribution in [0.25, 0.3) is 0 Å². The van der Waals surface area contributed by atoms with E-state index in [1.807, 2.05) is 0 Å². The monoisotopic (exact) mass is 424 g/mol. The number of halogens is 1. The summed E-state index contributed by atoms with van der Waals surface area (Å²) in [6.45, 7) is 3.95. The molecule has 1 amide bonds. The molecular weight excluding hydrogens is 404 g/mol. The highest BCUT2D eigenvalue weighted by Crippen LogP contribution is 2.23.